The molecule has 0 radical (unpaired) electrons. The minimum absolute atomic E-state index is 0.0150. The van der Waals surface area contributed by atoms with Crippen molar-refractivity contribution < 1.29 is 18.3 Å². The summed E-state index contributed by atoms with van der Waals surface area (Å²) in [5.74, 6) is 0.0994. The summed E-state index contributed by atoms with van der Waals surface area (Å²) in [5.41, 5.74) is 2.23. The van der Waals surface area contributed by atoms with Crippen LogP contribution in [-0.2, 0) is 14.8 Å². The van der Waals surface area contributed by atoms with Crippen molar-refractivity contribution in [1.29, 1.82) is 0 Å². The summed E-state index contributed by atoms with van der Waals surface area (Å²) < 4.78 is 29.3. The SMILES string of the molecule is CC(C)CN([C@H](CO)CCCCNC(=O)[C@@H]([AsH2])C(c1ccccc1)c1ccccc1)S(=O)(=O)c1ccc([AsH2])cc1. The van der Waals surface area contributed by atoms with Gasteiger partial charge in [0.05, 0.1) is 0 Å². The molecule has 2 unspecified atom stereocenters. The molecule has 2 N–H and O–H groups in total. The molecule has 0 aliphatic rings. The molecule has 216 valence electrons. The Hall–Kier alpha value is -1.88. The van der Waals surface area contributed by atoms with Crippen LogP contribution in [-0.4, -0.2) is 83.2 Å². The summed E-state index contributed by atoms with van der Waals surface area (Å²) in [5, 5.41) is 13.3. The molecule has 0 aliphatic heterocycles. The number of amides is 1. The van der Waals surface area contributed by atoms with Crippen LogP contribution < -0.4 is 9.67 Å². The second kappa shape index (κ2) is 15.9. The van der Waals surface area contributed by atoms with E-state index in [4.69, 9.17) is 0 Å². The number of nitrogens with one attached hydrogen (secondary N) is 1. The molecule has 6 nitrogen and oxygen atoms in total. The Morgan fingerprint density at radius 1 is 0.900 bits per heavy atom. The number of aliphatic hydroxyl groups excluding tert-OH is 1. The quantitative estimate of drug-likeness (QED) is 0.190. The number of rotatable bonds is 15. The van der Waals surface area contributed by atoms with Crippen LogP contribution in [0.25, 0.3) is 0 Å². The van der Waals surface area contributed by atoms with Gasteiger partial charge in [0, 0.05) is 0 Å². The van der Waals surface area contributed by atoms with Crippen LogP contribution in [0.15, 0.2) is 89.8 Å². The second-order valence-electron chi connectivity index (χ2n) is 10.5. The predicted octanol–water partition coefficient (Wildman–Crippen LogP) is 2.49. The summed E-state index contributed by atoms with van der Waals surface area (Å²) in [6.07, 6.45) is 1.90. The van der Waals surface area contributed by atoms with E-state index < -0.39 is 16.1 Å². The van der Waals surface area contributed by atoms with E-state index in [1.54, 1.807) is 12.1 Å². The first kappa shape index (κ1) is 32.6. The van der Waals surface area contributed by atoms with Crippen LogP contribution in [0.1, 0.15) is 50.2 Å². The maximum absolute atomic E-state index is 13.5. The third kappa shape index (κ3) is 9.06. The third-order valence-corrected chi connectivity index (χ3v) is 11.1. The van der Waals surface area contributed by atoms with Crippen LogP contribution in [0.2, 0.25) is 4.71 Å². The Balaban J connectivity index is 1.60. The molecule has 0 bridgehead atoms. The molecular formula is C31H42As2N2O4S. The first-order valence-electron chi connectivity index (χ1n) is 13.8. The van der Waals surface area contributed by atoms with Gasteiger partial charge in [-0.15, -0.1) is 0 Å². The molecule has 3 aromatic carbocycles. The number of carbonyl (C=O) groups excluding carboxylic acids is 1. The average Bonchev–Trinajstić information content (AvgIpc) is 2.95. The van der Waals surface area contributed by atoms with Crippen molar-refractivity contribution in [2.45, 2.75) is 54.7 Å². The molecule has 0 heterocycles. The number of aliphatic hydroxyl groups is 1. The van der Waals surface area contributed by atoms with E-state index in [9.17, 15) is 18.3 Å². The molecule has 0 aromatic heterocycles. The Morgan fingerprint density at radius 2 is 1.45 bits per heavy atom. The Bertz CT molecular complexity index is 1250. The van der Waals surface area contributed by atoms with Crippen LogP contribution in [0.4, 0.5) is 0 Å². The molecular weight excluding hydrogens is 646 g/mol. The van der Waals surface area contributed by atoms with E-state index in [1.807, 2.05) is 62.4 Å². The topological polar surface area (TPSA) is 86.7 Å². The fourth-order valence-electron chi connectivity index (χ4n) is 4.82. The Labute approximate surface area is 257 Å². The van der Waals surface area contributed by atoms with E-state index in [0.717, 1.165) is 15.5 Å². The van der Waals surface area contributed by atoms with Gasteiger partial charge >= 0.3 is 258 Å². The summed E-state index contributed by atoms with van der Waals surface area (Å²) >= 11 is 2.84. The molecule has 0 saturated carbocycles. The van der Waals surface area contributed by atoms with Crippen molar-refractivity contribution in [2.75, 3.05) is 19.7 Å². The summed E-state index contributed by atoms with van der Waals surface area (Å²) in [6.45, 7) is 4.55. The molecule has 1 amide bonds. The molecule has 9 heteroatoms. The van der Waals surface area contributed by atoms with E-state index >= 15 is 0 Å². The fraction of sp³-hybridized carbons (Fsp3) is 0.387. The van der Waals surface area contributed by atoms with Gasteiger partial charge in [0.15, 0.2) is 0 Å². The molecule has 0 fully saturated rings. The molecule has 3 aromatic rings. The van der Waals surface area contributed by atoms with Gasteiger partial charge < -0.3 is 0 Å². The normalized spacial score (nSPS) is 13.5. The zero-order valence-electron chi connectivity index (χ0n) is 23.3. The summed E-state index contributed by atoms with van der Waals surface area (Å²) in [7, 11) is -3.74. The van der Waals surface area contributed by atoms with Crippen LogP contribution >= 0.6 is 0 Å². The van der Waals surface area contributed by atoms with E-state index in [2.05, 4.69) is 29.6 Å². The molecule has 0 spiro atoms. The predicted molar refractivity (Wildman–Crippen MR) is 168 cm³/mol. The van der Waals surface area contributed by atoms with Gasteiger partial charge in [0.1, 0.15) is 0 Å². The first-order chi connectivity index (χ1) is 19.1. The number of hydrogen-bond donors (Lipinski definition) is 2. The van der Waals surface area contributed by atoms with Crippen molar-refractivity contribution in [3.8, 4) is 0 Å². The van der Waals surface area contributed by atoms with Gasteiger partial charge in [-0.25, -0.2) is 0 Å². The van der Waals surface area contributed by atoms with Gasteiger partial charge in [-0.05, 0) is 0 Å². The standard InChI is InChI=1S/C31H42As2N2O4S/c1-23(2)21-35(40(38,39)28-18-16-26(32)17-19-28)27(22-36)15-9-10-20-34-31(37)30(33)29(24-11-5-3-6-12-24)25-13-7-4-8-14-25/h3-8,11-14,16-19,23,27,29-30,36H,9-10,15,20-22,32-33H2,1-2H3,(H,34,37)/t27-,30-/m0/s1. The van der Waals surface area contributed by atoms with E-state index in [1.165, 1.54) is 38.0 Å². The van der Waals surface area contributed by atoms with Crippen molar-refractivity contribution >= 4 is 54.0 Å². The van der Waals surface area contributed by atoms with Gasteiger partial charge in [-0.1, -0.05) is 0 Å². The van der Waals surface area contributed by atoms with Crippen LogP contribution in [0.5, 0.6) is 0 Å². The van der Waals surface area contributed by atoms with E-state index in [-0.39, 0.29) is 34.0 Å². The zero-order chi connectivity index (χ0) is 29.1. The van der Waals surface area contributed by atoms with Crippen LogP contribution in [0.3, 0.4) is 0 Å². The van der Waals surface area contributed by atoms with Crippen molar-refractivity contribution in [1.82, 2.24) is 9.62 Å². The molecule has 40 heavy (non-hydrogen) atoms. The summed E-state index contributed by atoms with van der Waals surface area (Å²) in [6, 6.07) is 26.7. The van der Waals surface area contributed by atoms with Gasteiger partial charge in [0.2, 0.25) is 0 Å². The molecule has 0 aliphatic carbocycles. The van der Waals surface area contributed by atoms with Gasteiger partial charge in [-0.3, -0.25) is 0 Å². The fourth-order valence-corrected chi connectivity index (χ4v) is 8.21. The number of nitrogens with zero attached hydrogens (tertiary/aromatic N) is 1. The zero-order valence-corrected chi connectivity index (χ0v) is 29.0. The number of unbranched alkanes of at least 4 members (excludes halogenated alkanes) is 1. The molecule has 4 atom stereocenters. The number of benzene rings is 3. The van der Waals surface area contributed by atoms with Gasteiger partial charge in [0.25, 0.3) is 0 Å². The average molecular weight is 689 g/mol. The monoisotopic (exact) mass is 688 g/mol. The van der Waals surface area contributed by atoms with Crippen molar-refractivity contribution in [3.63, 3.8) is 0 Å². The number of carbonyl (C=O) groups is 1. The Morgan fingerprint density at radius 3 is 1.95 bits per heavy atom. The maximum atomic E-state index is 13.5. The van der Waals surface area contributed by atoms with Crippen molar-refractivity contribution in [2.24, 2.45) is 5.92 Å². The summed E-state index contributed by atoms with van der Waals surface area (Å²) in [4.78, 5) is 13.5. The number of hydrogen-bond acceptors (Lipinski definition) is 4. The molecule has 3 rings (SSSR count). The first-order valence-corrected chi connectivity index (χ1v) is 17.8. The van der Waals surface area contributed by atoms with Crippen LogP contribution in [0, 0.1) is 5.92 Å². The van der Waals surface area contributed by atoms with Gasteiger partial charge in [-0.2, -0.15) is 0 Å². The molecule has 0 saturated heterocycles. The van der Waals surface area contributed by atoms with E-state index in [0.29, 0.717) is 32.4 Å². The third-order valence-electron chi connectivity index (χ3n) is 6.89. The second-order valence-corrected chi connectivity index (χ2v) is 15.3. The van der Waals surface area contributed by atoms with Crippen molar-refractivity contribution in [3.05, 3.63) is 96.1 Å². The minimum atomic E-state index is -3.74. The number of sulfonamides is 1. The Kier molecular flexibility index (Phi) is 13.0.